The van der Waals surface area contributed by atoms with Gasteiger partial charge in [0.1, 0.15) is 4.64 Å². The predicted octanol–water partition coefficient (Wildman–Crippen LogP) is 3.93. The molecule has 2 aliphatic carbocycles. The van der Waals surface area contributed by atoms with Crippen molar-refractivity contribution in [3.63, 3.8) is 0 Å². The molecular weight excluding hydrogens is 254 g/mol. The fourth-order valence-corrected chi connectivity index (χ4v) is 4.00. The van der Waals surface area contributed by atoms with Crippen LogP contribution in [-0.4, -0.2) is 14.6 Å². The van der Waals surface area contributed by atoms with E-state index in [1.54, 1.807) is 0 Å². The highest BCUT2D eigenvalue weighted by molar-refractivity contribution is 7.71. The zero-order chi connectivity index (χ0) is 12.8. The summed E-state index contributed by atoms with van der Waals surface area (Å²) >= 11 is 5.63. The van der Waals surface area contributed by atoms with Gasteiger partial charge in [-0.25, -0.2) is 9.50 Å². The number of rotatable bonds is 1. The lowest BCUT2D eigenvalue weighted by Crippen LogP contribution is -2.05. The van der Waals surface area contributed by atoms with E-state index >= 15 is 0 Å². The van der Waals surface area contributed by atoms with Crippen LogP contribution in [0.1, 0.15) is 61.4 Å². The van der Waals surface area contributed by atoms with Gasteiger partial charge in [-0.3, -0.25) is 5.10 Å². The summed E-state index contributed by atoms with van der Waals surface area (Å²) in [5.41, 5.74) is 4.89. The first-order valence-electron chi connectivity index (χ1n) is 7.46. The Kier molecular flexibility index (Phi) is 2.72. The number of H-pyrrole nitrogens is 1. The number of hydrogen-bond acceptors (Lipinski definition) is 2. The highest BCUT2D eigenvalue weighted by Gasteiger charge is 2.20. The quantitative estimate of drug-likeness (QED) is 0.799. The van der Waals surface area contributed by atoms with Gasteiger partial charge in [0.25, 0.3) is 0 Å². The zero-order valence-corrected chi connectivity index (χ0v) is 11.9. The van der Waals surface area contributed by atoms with Crippen molar-refractivity contribution in [1.29, 1.82) is 0 Å². The molecule has 2 heterocycles. The van der Waals surface area contributed by atoms with E-state index < -0.39 is 0 Å². The Labute approximate surface area is 118 Å². The van der Waals surface area contributed by atoms with Crippen LogP contribution in [0.4, 0.5) is 0 Å². The molecule has 0 aliphatic heterocycles. The molecule has 100 valence electrons. The average molecular weight is 273 g/mol. The maximum Gasteiger partial charge on any atom is 0.154 e. The Balaban J connectivity index is 1.83. The van der Waals surface area contributed by atoms with E-state index in [4.69, 9.17) is 17.2 Å². The highest BCUT2D eigenvalue weighted by atomic mass is 32.1. The van der Waals surface area contributed by atoms with Gasteiger partial charge in [0.05, 0.1) is 0 Å². The molecule has 0 unspecified atom stereocenters. The summed E-state index contributed by atoms with van der Waals surface area (Å²) in [6.07, 6.45) is 10.1. The molecule has 2 aromatic rings. The molecule has 4 heteroatoms. The summed E-state index contributed by atoms with van der Waals surface area (Å²) in [5, 5.41) is 3.51. The predicted molar refractivity (Wildman–Crippen MR) is 78.2 cm³/mol. The maximum absolute atomic E-state index is 5.63. The van der Waals surface area contributed by atoms with Crippen LogP contribution in [0.3, 0.4) is 0 Å². The summed E-state index contributed by atoms with van der Waals surface area (Å²) in [7, 11) is 0. The van der Waals surface area contributed by atoms with Crippen molar-refractivity contribution in [3.8, 4) is 0 Å². The number of aromatic nitrogens is 3. The molecule has 0 amide bonds. The van der Waals surface area contributed by atoms with Crippen molar-refractivity contribution in [1.82, 2.24) is 14.6 Å². The van der Waals surface area contributed by atoms with Crippen molar-refractivity contribution in [3.05, 3.63) is 27.7 Å². The molecule has 2 aliphatic rings. The molecule has 0 aromatic carbocycles. The standard InChI is InChI=1S/C15H19N3S/c19-15-11-7-4-8-12(11)16-14-9-13(17-18(14)15)10-5-2-1-3-6-10/h9-10,17H,1-8H2. The zero-order valence-electron chi connectivity index (χ0n) is 11.1. The van der Waals surface area contributed by atoms with Crippen LogP contribution in [0, 0.1) is 4.64 Å². The molecule has 2 aromatic heterocycles. The molecular formula is C15H19N3S. The minimum Gasteiger partial charge on any atom is -0.295 e. The average Bonchev–Trinajstić information content (AvgIpc) is 3.06. The molecule has 0 spiro atoms. The van der Waals surface area contributed by atoms with Gasteiger partial charge in [0, 0.05) is 28.9 Å². The first-order chi connectivity index (χ1) is 9.33. The number of nitrogens with one attached hydrogen (secondary N) is 1. The second kappa shape index (κ2) is 4.44. The highest BCUT2D eigenvalue weighted by Crippen LogP contribution is 2.32. The molecule has 0 atom stereocenters. The normalized spacial score (nSPS) is 20.0. The Morgan fingerprint density at radius 3 is 2.84 bits per heavy atom. The first kappa shape index (κ1) is 11.6. The van der Waals surface area contributed by atoms with E-state index in [1.807, 2.05) is 4.52 Å². The van der Waals surface area contributed by atoms with E-state index in [2.05, 4.69) is 11.2 Å². The summed E-state index contributed by atoms with van der Waals surface area (Å²) in [6.45, 7) is 0. The number of fused-ring (bicyclic) bond motifs is 2. The molecule has 4 rings (SSSR count). The molecule has 3 nitrogen and oxygen atoms in total. The number of nitrogens with zero attached hydrogens (tertiary/aromatic N) is 2. The molecule has 19 heavy (non-hydrogen) atoms. The van der Waals surface area contributed by atoms with Gasteiger partial charge in [0.2, 0.25) is 0 Å². The van der Waals surface area contributed by atoms with Gasteiger partial charge in [-0.05, 0) is 32.1 Å². The van der Waals surface area contributed by atoms with Crippen molar-refractivity contribution in [2.75, 3.05) is 0 Å². The summed E-state index contributed by atoms with van der Waals surface area (Å²) in [4.78, 5) is 4.80. The Morgan fingerprint density at radius 2 is 2.00 bits per heavy atom. The Hall–Kier alpha value is -1.16. The maximum atomic E-state index is 5.63. The summed E-state index contributed by atoms with van der Waals surface area (Å²) in [6, 6.07) is 2.23. The van der Waals surface area contributed by atoms with Crippen LogP contribution in [0.2, 0.25) is 0 Å². The van der Waals surface area contributed by atoms with Gasteiger partial charge in [-0.2, -0.15) is 0 Å². The van der Waals surface area contributed by atoms with Crippen LogP contribution < -0.4 is 0 Å². The van der Waals surface area contributed by atoms with Crippen LogP contribution in [0.15, 0.2) is 6.07 Å². The molecule has 1 fully saturated rings. The fourth-order valence-electron chi connectivity index (χ4n) is 3.64. The molecule has 0 radical (unpaired) electrons. The van der Waals surface area contributed by atoms with E-state index in [0.717, 1.165) is 23.1 Å². The fraction of sp³-hybridized carbons (Fsp3) is 0.600. The lowest BCUT2D eigenvalue weighted by atomic mass is 9.87. The van der Waals surface area contributed by atoms with E-state index in [-0.39, 0.29) is 0 Å². The number of aryl methyl sites for hydroxylation is 1. The van der Waals surface area contributed by atoms with E-state index in [1.165, 1.54) is 55.5 Å². The molecule has 0 bridgehead atoms. The van der Waals surface area contributed by atoms with Gasteiger partial charge >= 0.3 is 0 Å². The van der Waals surface area contributed by atoms with Crippen LogP contribution in [0.5, 0.6) is 0 Å². The second-order valence-corrected chi connectivity index (χ2v) is 6.32. The monoisotopic (exact) mass is 273 g/mol. The first-order valence-corrected chi connectivity index (χ1v) is 7.87. The van der Waals surface area contributed by atoms with Gasteiger partial charge in [-0.1, -0.05) is 31.5 Å². The van der Waals surface area contributed by atoms with Crippen LogP contribution in [0.25, 0.3) is 5.65 Å². The van der Waals surface area contributed by atoms with Crippen molar-refractivity contribution in [2.24, 2.45) is 0 Å². The minimum absolute atomic E-state index is 0.680. The minimum atomic E-state index is 0.680. The second-order valence-electron chi connectivity index (χ2n) is 5.94. The lowest BCUT2D eigenvalue weighted by molar-refractivity contribution is 0.435. The largest absolute Gasteiger partial charge is 0.295 e. The van der Waals surface area contributed by atoms with Crippen LogP contribution in [-0.2, 0) is 12.8 Å². The molecule has 1 saturated carbocycles. The lowest BCUT2D eigenvalue weighted by Gasteiger charge is -2.19. The summed E-state index contributed by atoms with van der Waals surface area (Å²) in [5.74, 6) is 0.680. The third-order valence-corrected chi connectivity index (χ3v) is 5.13. The van der Waals surface area contributed by atoms with Gasteiger partial charge in [0.15, 0.2) is 5.65 Å². The number of aromatic amines is 1. The Bertz CT molecular complexity index is 676. The van der Waals surface area contributed by atoms with Crippen molar-refractivity contribution >= 4 is 17.9 Å². The SMILES string of the molecule is S=c1c2c(nc3cc(C4CCCCC4)[nH]n13)CCC2. The third-order valence-electron chi connectivity index (χ3n) is 4.70. The van der Waals surface area contributed by atoms with Crippen molar-refractivity contribution in [2.45, 2.75) is 57.3 Å². The van der Waals surface area contributed by atoms with Crippen LogP contribution >= 0.6 is 12.2 Å². The smallest absolute Gasteiger partial charge is 0.154 e. The summed E-state index contributed by atoms with van der Waals surface area (Å²) < 4.78 is 2.99. The third kappa shape index (κ3) is 1.84. The van der Waals surface area contributed by atoms with E-state index in [0.29, 0.717) is 5.92 Å². The van der Waals surface area contributed by atoms with Crippen molar-refractivity contribution < 1.29 is 0 Å². The molecule has 1 N–H and O–H groups in total. The topological polar surface area (TPSA) is 33.1 Å². The molecule has 0 saturated heterocycles. The Morgan fingerprint density at radius 1 is 1.16 bits per heavy atom. The van der Waals surface area contributed by atoms with Gasteiger partial charge in [-0.15, -0.1) is 0 Å². The van der Waals surface area contributed by atoms with E-state index in [9.17, 15) is 0 Å². The van der Waals surface area contributed by atoms with Gasteiger partial charge < -0.3 is 0 Å². The number of hydrogen-bond donors (Lipinski definition) is 1.